The maximum atomic E-state index is 13.0. The summed E-state index contributed by atoms with van der Waals surface area (Å²) in [5, 5.41) is 2.66. The Bertz CT molecular complexity index is 674. The van der Waals surface area contributed by atoms with Gasteiger partial charge in [0, 0.05) is 24.6 Å². The summed E-state index contributed by atoms with van der Waals surface area (Å²) in [7, 11) is 1.37. The molecular weight excluding hydrogens is 338 g/mol. The third-order valence-electron chi connectivity index (χ3n) is 4.32. The number of carbonyl (C=O) groups excluding carboxylic acids is 2. The van der Waals surface area contributed by atoms with E-state index in [1.165, 1.54) is 25.3 Å². The Kier molecular flexibility index (Phi) is 4.76. The maximum Gasteiger partial charge on any atom is 0.586 e. The minimum Gasteiger partial charge on any atom is -0.469 e. The summed E-state index contributed by atoms with van der Waals surface area (Å²) in [5.41, 5.74) is 0.355. The number of nitrogens with one attached hydrogen (secondary N) is 2. The van der Waals surface area contributed by atoms with Crippen LogP contribution in [0.3, 0.4) is 0 Å². The van der Waals surface area contributed by atoms with Gasteiger partial charge in [0.05, 0.1) is 26.1 Å². The van der Waals surface area contributed by atoms with Gasteiger partial charge in [0.1, 0.15) is 0 Å². The van der Waals surface area contributed by atoms with E-state index in [1.54, 1.807) is 0 Å². The van der Waals surface area contributed by atoms with E-state index >= 15 is 0 Å². The van der Waals surface area contributed by atoms with Crippen molar-refractivity contribution >= 4 is 17.6 Å². The van der Waals surface area contributed by atoms with Gasteiger partial charge in [0.25, 0.3) is 5.91 Å². The quantitative estimate of drug-likeness (QED) is 0.764. The zero-order chi connectivity index (χ0) is 18.0. The molecule has 25 heavy (non-hydrogen) atoms. The van der Waals surface area contributed by atoms with Gasteiger partial charge < -0.3 is 24.4 Å². The predicted molar refractivity (Wildman–Crippen MR) is 81.6 cm³/mol. The SMILES string of the molecule is COC(=O)C1CC[NH+](CC(=O)Nc2ccc3c(c2)OC(F)(F)O3)CC1. The molecule has 2 N–H and O–H groups in total. The van der Waals surface area contributed by atoms with E-state index in [0.29, 0.717) is 31.6 Å². The van der Waals surface area contributed by atoms with Crippen LogP contribution < -0.4 is 19.7 Å². The number of anilines is 1. The number of methoxy groups -OCH3 is 1. The van der Waals surface area contributed by atoms with Gasteiger partial charge in [-0.05, 0) is 12.1 Å². The van der Waals surface area contributed by atoms with Crippen LogP contribution in [-0.4, -0.2) is 44.9 Å². The molecule has 0 aromatic heterocycles. The summed E-state index contributed by atoms with van der Waals surface area (Å²) < 4.78 is 39.4. The molecule has 0 atom stereocenters. The standard InChI is InChI=1S/C16H18F2N2O5/c1-23-15(22)10-4-6-20(7-5-10)9-14(21)19-11-2-3-12-13(8-11)25-16(17,18)24-12/h2-3,8,10H,4-7,9H2,1H3,(H,19,21)/p+1. The molecule has 0 unspecified atom stereocenters. The van der Waals surface area contributed by atoms with E-state index in [9.17, 15) is 18.4 Å². The molecule has 1 aromatic carbocycles. The average molecular weight is 357 g/mol. The van der Waals surface area contributed by atoms with Crippen molar-refractivity contribution in [3.63, 3.8) is 0 Å². The number of likely N-dealkylation sites (tertiary alicyclic amines) is 1. The molecule has 1 saturated heterocycles. The lowest BCUT2D eigenvalue weighted by atomic mass is 9.97. The second kappa shape index (κ2) is 6.83. The Hall–Kier alpha value is -2.42. The molecule has 3 rings (SSSR count). The minimum absolute atomic E-state index is 0.0708. The van der Waals surface area contributed by atoms with E-state index in [2.05, 4.69) is 14.8 Å². The Morgan fingerprint density at radius 2 is 1.96 bits per heavy atom. The lowest BCUT2D eigenvalue weighted by Gasteiger charge is -2.27. The van der Waals surface area contributed by atoms with Gasteiger partial charge >= 0.3 is 12.3 Å². The molecule has 0 spiro atoms. The lowest BCUT2D eigenvalue weighted by Crippen LogP contribution is -3.14. The summed E-state index contributed by atoms with van der Waals surface area (Å²) in [6.07, 6.45) is -2.33. The van der Waals surface area contributed by atoms with Gasteiger partial charge in [-0.2, -0.15) is 0 Å². The molecule has 2 aliphatic rings. The van der Waals surface area contributed by atoms with Gasteiger partial charge in [0.15, 0.2) is 18.0 Å². The summed E-state index contributed by atoms with van der Waals surface area (Å²) >= 11 is 0. The van der Waals surface area contributed by atoms with Crippen molar-refractivity contribution < 1.29 is 37.5 Å². The van der Waals surface area contributed by atoms with Gasteiger partial charge in [-0.15, -0.1) is 8.78 Å². The molecule has 2 heterocycles. The molecule has 0 radical (unpaired) electrons. The van der Waals surface area contributed by atoms with Crippen LogP contribution >= 0.6 is 0 Å². The van der Waals surface area contributed by atoms with Crippen LogP contribution in [0, 0.1) is 5.92 Å². The number of halogens is 2. The number of alkyl halides is 2. The second-order valence-corrected chi connectivity index (χ2v) is 6.10. The first-order chi connectivity index (χ1) is 11.9. The number of ether oxygens (including phenoxy) is 3. The molecule has 9 heteroatoms. The number of piperidine rings is 1. The molecule has 1 fully saturated rings. The van der Waals surface area contributed by atoms with Crippen molar-refractivity contribution in [2.75, 3.05) is 32.1 Å². The highest BCUT2D eigenvalue weighted by Crippen LogP contribution is 2.42. The third kappa shape index (κ3) is 4.16. The van der Waals surface area contributed by atoms with Crippen LogP contribution in [-0.2, 0) is 14.3 Å². The van der Waals surface area contributed by atoms with Crippen LogP contribution in [0.5, 0.6) is 11.5 Å². The number of carbonyl (C=O) groups is 2. The van der Waals surface area contributed by atoms with Gasteiger partial charge in [-0.3, -0.25) is 9.59 Å². The van der Waals surface area contributed by atoms with Crippen LogP contribution in [0.15, 0.2) is 18.2 Å². The first-order valence-corrected chi connectivity index (χ1v) is 7.97. The third-order valence-corrected chi connectivity index (χ3v) is 4.32. The molecule has 0 saturated carbocycles. The van der Waals surface area contributed by atoms with Crippen molar-refractivity contribution in [3.05, 3.63) is 18.2 Å². The number of fused-ring (bicyclic) bond motifs is 1. The predicted octanol–water partition coefficient (Wildman–Crippen LogP) is 0.414. The molecular formula is C16H19F2N2O5+. The lowest BCUT2D eigenvalue weighted by molar-refractivity contribution is -0.897. The second-order valence-electron chi connectivity index (χ2n) is 6.10. The Balaban J connectivity index is 1.50. The van der Waals surface area contributed by atoms with Crippen molar-refractivity contribution in [1.29, 1.82) is 0 Å². The van der Waals surface area contributed by atoms with Crippen LogP contribution in [0.25, 0.3) is 0 Å². The molecule has 1 aromatic rings. The Morgan fingerprint density at radius 3 is 2.64 bits per heavy atom. The van der Waals surface area contributed by atoms with E-state index in [-0.39, 0.29) is 35.8 Å². The molecule has 1 amide bonds. The molecule has 0 aliphatic carbocycles. The monoisotopic (exact) mass is 357 g/mol. The average Bonchev–Trinajstić information content (AvgIpc) is 2.87. The van der Waals surface area contributed by atoms with Crippen LogP contribution in [0.2, 0.25) is 0 Å². The number of benzene rings is 1. The zero-order valence-electron chi connectivity index (χ0n) is 13.6. The number of esters is 1. The largest absolute Gasteiger partial charge is 0.586 e. The number of rotatable bonds is 4. The highest BCUT2D eigenvalue weighted by Gasteiger charge is 2.43. The maximum absolute atomic E-state index is 13.0. The van der Waals surface area contributed by atoms with Crippen molar-refractivity contribution in [2.45, 2.75) is 19.1 Å². The zero-order valence-corrected chi connectivity index (χ0v) is 13.6. The van der Waals surface area contributed by atoms with E-state index in [4.69, 9.17) is 4.74 Å². The first-order valence-electron chi connectivity index (χ1n) is 7.97. The van der Waals surface area contributed by atoms with E-state index in [0.717, 1.165) is 4.90 Å². The van der Waals surface area contributed by atoms with Gasteiger partial charge in [-0.25, -0.2) is 0 Å². The number of hydrogen-bond donors (Lipinski definition) is 2. The summed E-state index contributed by atoms with van der Waals surface area (Å²) in [6, 6.07) is 4.09. The summed E-state index contributed by atoms with van der Waals surface area (Å²) in [6.45, 7) is 1.62. The number of quaternary nitrogens is 1. The van der Waals surface area contributed by atoms with Crippen molar-refractivity contribution in [3.8, 4) is 11.5 Å². The normalized spacial score (nSPS) is 23.8. The van der Waals surface area contributed by atoms with Crippen LogP contribution in [0.1, 0.15) is 12.8 Å². The van der Waals surface area contributed by atoms with Gasteiger partial charge in [0.2, 0.25) is 0 Å². The summed E-state index contributed by atoms with van der Waals surface area (Å²) in [4.78, 5) is 24.7. The molecule has 7 nitrogen and oxygen atoms in total. The fraction of sp³-hybridized carbons (Fsp3) is 0.500. The molecule has 136 valence electrons. The first kappa shape index (κ1) is 17.4. The number of hydrogen-bond acceptors (Lipinski definition) is 5. The minimum atomic E-state index is -3.68. The smallest absolute Gasteiger partial charge is 0.469 e. The Labute approximate surface area is 142 Å². The topological polar surface area (TPSA) is 78.3 Å². The summed E-state index contributed by atoms with van der Waals surface area (Å²) in [5.74, 6) is -0.738. The van der Waals surface area contributed by atoms with Gasteiger partial charge in [-0.1, -0.05) is 0 Å². The molecule has 0 bridgehead atoms. The van der Waals surface area contributed by atoms with Crippen molar-refractivity contribution in [1.82, 2.24) is 0 Å². The highest BCUT2D eigenvalue weighted by molar-refractivity contribution is 5.91. The van der Waals surface area contributed by atoms with Crippen LogP contribution in [0.4, 0.5) is 14.5 Å². The number of amides is 1. The highest BCUT2D eigenvalue weighted by atomic mass is 19.3. The molecule has 2 aliphatic heterocycles. The fourth-order valence-corrected chi connectivity index (χ4v) is 3.06. The van der Waals surface area contributed by atoms with Crippen molar-refractivity contribution in [2.24, 2.45) is 5.92 Å². The fourth-order valence-electron chi connectivity index (χ4n) is 3.06. The van der Waals surface area contributed by atoms with E-state index < -0.39 is 6.29 Å². The van der Waals surface area contributed by atoms with E-state index in [1.807, 2.05) is 0 Å². The Morgan fingerprint density at radius 1 is 1.28 bits per heavy atom.